The third-order valence-electron chi connectivity index (χ3n) is 2.51. The number of nitrogens with two attached hydrogens (primary N) is 1. The van der Waals surface area contributed by atoms with Crippen molar-refractivity contribution in [2.75, 3.05) is 4.72 Å². The second-order valence-electron chi connectivity index (χ2n) is 4.09. The van der Waals surface area contributed by atoms with Crippen molar-refractivity contribution in [3.8, 4) is 0 Å². The standard InChI is InChI=1S/C12H14N4O2S/c1-9(13)10-3-2-4-12(5-10)19(17,18)16-11-6-14-8-15-7-11/h2-9,16H,13H2,1H3. The lowest BCUT2D eigenvalue weighted by atomic mass is 10.1. The Morgan fingerprint density at radius 1 is 1.26 bits per heavy atom. The molecule has 6 nitrogen and oxygen atoms in total. The number of nitrogens with one attached hydrogen (secondary N) is 1. The van der Waals surface area contributed by atoms with Gasteiger partial charge in [-0.05, 0) is 24.6 Å². The predicted molar refractivity (Wildman–Crippen MR) is 71.9 cm³/mol. The molecular formula is C12H14N4O2S. The SMILES string of the molecule is CC(N)c1cccc(S(=O)(=O)Nc2cncnc2)c1. The van der Waals surface area contributed by atoms with E-state index >= 15 is 0 Å². The fourth-order valence-corrected chi connectivity index (χ4v) is 2.61. The number of nitrogens with zero attached hydrogens (tertiary/aromatic N) is 2. The molecule has 1 aromatic carbocycles. The van der Waals surface area contributed by atoms with E-state index in [1.54, 1.807) is 25.1 Å². The van der Waals surface area contributed by atoms with Crippen molar-refractivity contribution in [3.05, 3.63) is 48.5 Å². The molecule has 1 heterocycles. The Hall–Kier alpha value is -1.99. The zero-order valence-electron chi connectivity index (χ0n) is 10.3. The van der Waals surface area contributed by atoms with Crippen LogP contribution in [0.4, 0.5) is 5.69 Å². The maximum atomic E-state index is 12.2. The van der Waals surface area contributed by atoms with E-state index in [0.29, 0.717) is 5.69 Å². The lowest BCUT2D eigenvalue weighted by Gasteiger charge is -2.10. The van der Waals surface area contributed by atoms with E-state index in [0.717, 1.165) is 5.56 Å². The molecule has 0 aliphatic rings. The summed E-state index contributed by atoms with van der Waals surface area (Å²) in [6.07, 6.45) is 4.11. The molecule has 0 fully saturated rings. The van der Waals surface area contributed by atoms with Crippen LogP contribution in [0.2, 0.25) is 0 Å². The zero-order valence-corrected chi connectivity index (χ0v) is 11.1. The van der Waals surface area contributed by atoms with Gasteiger partial charge in [0.15, 0.2) is 0 Å². The summed E-state index contributed by atoms with van der Waals surface area (Å²) >= 11 is 0. The average Bonchev–Trinajstić information content (AvgIpc) is 2.39. The van der Waals surface area contributed by atoms with Gasteiger partial charge in [-0.1, -0.05) is 12.1 Å². The molecule has 3 N–H and O–H groups in total. The van der Waals surface area contributed by atoms with E-state index in [2.05, 4.69) is 14.7 Å². The van der Waals surface area contributed by atoms with E-state index in [1.165, 1.54) is 24.8 Å². The fraction of sp³-hybridized carbons (Fsp3) is 0.167. The third-order valence-corrected chi connectivity index (χ3v) is 3.89. The van der Waals surface area contributed by atoms with Crippen molar-refractivity contribution >= 4 is 15.7 Å². The van der Waals surface area contributed by atoms with Gasteiger partial charge in [-0.15, -0.1) is 0 Å². The molecule has 1 atom stereocenters. The molecule has 19 heavy (non-hydrogen) atoms. The summed E-state index contributed by atoms with van der Waals surface area (Å²) in [6, 6.07) is 6.29. The van der Waals surface area contributed by atoms with Crippen LogP contribution in [-0.4, -0.2) is 18.4 Å². The van der Waals surface area contributed by atoms with Gasteiger partial charge in [-0.3, -0.25) is 4.72 Å². The van der Waals surface area contributed by atoms with Crippen LogP contribution in [0.1, 0.15) is 18.5 Å². The summed E-state index contributed by atoms with van der Waals surface area (Å²) in [5, 5.41) is 0. The third kappa shape index (κ3) is 3.27. The number of hydrogen-bond acceptors (Lipinski definition) is 5. The van der Waals surface area contributed by atoms with Crippen LogP contribution in [0.25, 0.3) is 0 Å². The molecule has 1 aromatic heterocycles. The summed E-state index contributed by atoms with van der Waals surface area (Å²) in [6.45, 7) is 1.80. The molecule has 0 saturated heterocycles. The smallest absolute Gasteiger partial charge is 0.262 e. The fourth-order valence-electron chi connectivity index (χ4n) is 1.53. The highest BCUT2D eigenvalue weighted by atomic mass is 32.2. The van der Waals surface area contributed by atoms with Crippen LogP contribution in [0.5, 0.6) is 0 Å². The van der Waals surface area contributed by atoms with Crippen molar-refractivity contribution in [3.63, 3.8) is 0 Å². The Morgan fingerprint density at radius 2 is 1.95 bits per heavy atom. The van der Waals surface area contributed by atoms with Gasteiger partial charge in [-0.25, -0.2) is 18.4 Å². The topological polar surface area (TPSA) is 98.0 Å². The summed E-state index contributed by atoms with van der Waals surface area (Å²) in [5.74, 6) is 0. The molecule has 0 aliphatic carbocycles. The predicted octanol–water partition coefficient (Wildman–Crippen LogP) is 1.30. The molecule has 100 valence electrons. The van der Waals surface area contributed by atoms with Crippen LogP contribution in [0.3, 0.4) is 0 Å². The minimum Gasteiger partial charge on any atom is -0.324 e. The van der Waals surface area contributed by atoms with Gasteiger partial charge in [0.2, 0.25) is 0 Å². The first-order chi connectivity index (χ1) is 8.99. The van der Waals surface area contributed by atoms with E-state index < -0.39 is 10.0 Å². The maximum absolute atomic E-state index is 12.2. The first-order valence-corrected chi connectivity index (χ1v) is 7.11. The van der Waals surface area contributed by atoms with Gasteiger partial charge >= 0.3 is 0 Å². The van der Waals surface area contributed by atoms with Crippen LogP contribution < -0.4 is 10.5 Å². The minimum absolute atomic E-state index is 0.158. The monoisotopic (exact) mass is 278 g/mol. The van der Waals surface area contributed by atoms with Gasteiger partial charge in [-0.2, -0.15) is 0 Å². The Kier molecular flexibility index (Phi) is 3.77. The summed E-state index contributed by atoms with van der Waals surface area (Å²) in [7, 11) is -3.65. The second-order valence-corrected chi connectivity index (χ2v) is 5.78. The van der Waals surface area contributed by atoms with Gasteiger partial charge in [0, 0.05) is 6.04 Å². The lowest BCUT2D eigenvalue weighted by Crippen LogP contribution is -2.14. The summed E-state index contributed by atoms with van der Waals surface area (Å²) in [4.78, 5) is 7.66. The maximum Gasteiger partial charge on any atom is 0.262 e. The average molecular weight is 278 g/mol. The number of sulfonamides is 1. The van der Waals surface area contributed by atoms with Gasteiger partial charge in [0.1, 0.15) is 6.33 Å². The molecule has 1 unspecified atom stereocenters. The zero-order chi connectivity index (χ0) is 13.9. The van der Waals surface area contributed by atoms with Gasteiger partial charge in [0.25, 0.3) is 10.0 Å². The molecule has 0 saturated carbocycles. The van der Waals surface area contributed by atoms with Crippen LogP contribution in [0.15, 0.2) is 47.9 Å². The Balaban J connectivity index is 2.32. The highest BCUT2D eigenvalue weighted by Gasteiger charge is 2.15. The van der Waals surface area contributed by atoms with Crippen molar-refractivity contribution in [1.82, 2.24) is 9.97 Å². The summed E-state index contributed by atoms with van der Waals surface area (Å²) in [5.41, 5.74) is 6.81. The van der Waals surface area contributed by atoms with E-state index in [-0.39, 0.29) is 10.9 Å². The molecular weight excluding hydrogens is 264 g/mol. The Bertz CT molecular complexity index is 656. The molecule has 0 aliphatic heterocycles. The van der Waals surface area contributed by atoms with Crippen molar-refractivity contribution < 1.29 is 8.42 Å². The lowest BCUT2D eigenvalue weighted by molar-refractivity contribution is 0.601. The molecule has 7 heteroatoms. The van der Waals surface area contributed by atoms with Crippen LogP contribution in [0, 0.1) is 0 Å². The highest BCUT2D eigenvalue weighted by molar-refractivity contribution is 7.92. The largest absolute Gasteiger partial charge is 0.324 e. The van der Waals surface area contributed by atoms with E-state index in [9.17, 15) is 8.42 Å². The molecule has 0 spiro atoms. The number of benzene rings is 1. The Labute approximate surface area is 111 Å². The molecule has 2 rings (SSSR count). The number of aromatic nitrogens is 2. The summed E-state index contributed by atoms with van der Waals surface area (Å²) < 4.78 is 26.7. The molecule has 0 bridgehead atoms. The van der Waals surface area contributed by atoms with Crippen LogP contribution >= 0.6 is 0 Å². The molecule has 0 amide bonds. The minimum atomic E-state index is -3.65. The first-order valence-electron chi connectivity index (χ1n) is 5.62. The molecule has 2 aromatic rings. The van der Waals surface area contributed by atoms with Crippen molar-refractivity contribution in [2.24, 2.45) is 5.73 Å². The highest BCUT2D eigenvalue weighted by Crippen LogP contribution is 2.18. The van der Waals surface area contributed by atoms with Crippen LogP contribution in [-0.2, 0) is 10.0 Å². The van der Waals surface area contributed by atoms with Crippen molar-refractivity contribution in [1.29, 1.82) is 0 Å². The number of rotatable bonds is 4. The van der Waals surface area contributed by atoms with E-state index in [1.807, 2.05) is 0 Å². The quantitative estimate of drug-likeness (QED) is 0.878. The van der Waals surface area contributed by atoms with Gasteiger partial charge in [0.05, 0.1) is 23.0 Å². The van der Waals surface area contributed by atoms with Crippen molar-refractivity contribution in [2.45, 2.75) is 17.9 Å². The van der Waals surface area contributed by atoms with E-state index in [4.69, 9.17) is 5.73 Å². The van der Waals surface area contributed by atoms with Gasteiger partial charge < -0.3 is 5.73 Å². The first kappa shape index (κ1) is 13.4. The number of hydrogen-bond donors (Lipinski definition) is 2. The second kappa shape index (κ2) is 5.33. The number of anilines is 1. The Morgan fingerprint density at radius 3 is 2.58 bits per heavy atom. The molecule has 0 radical (unpaired) electrons. The normalized spacial score (nSPS) is 12.9.